The van der Waals surface area contributed by atoms with Crippen molar-refractivity contribution in [1.29, 1.82) is 0 Å². The van der Waals surface area contributed by atoms with E-state index < -0.39 is 24.0 Å². The number of nitrogens with zero attached hydrogens (tertiary/aromatic N) is 2. The molecule has 0 amide bonds. The van der Waals surface area contributed by atoms with Gasteiger partial charge in [-0.05, 0) is 12.1 Å². The van der Waals surface area contributed by atoms with Crippen molar-refractivity contribution in [3.63, 3.8) is 0 Å². The first kappa shape index (κ1) is 16.6. The molecule has 6 nitrogen and oxygen atoms in total. The van der Waals surface area contributed by atoms with E-state index in [-0.39, 0.29) is 11.7 Å². The summed E-state index contributed by atoms with van der Waals surface area (Å²) in [7, 11) is -1.61. The quantitative estimate of drug-likeness (QED) is 0.695. The number of hydrogen-bond donors (Lipinski definition) is 2. The number of halogens is 3. The van der Waals surface area contributed by atoms with E-state index in [1.165, 1.54) is 12.4 Å². The molecule has 2 N–H and O–H groups in total. The van der Waals surface area contributed by atoms with E-state index in [2.05, 4.69) is 19.7 Å². The molecule has 3 rings (SSSR count). The standard InChI is InChI=1S/C14H11ClF2N4O2S/c15-8-1-2-10-11(3-8)18-6-12(10)24(22)21-14-19-4-9(5-20-14)23-7-13(16)17/h1-6,13,18H,7H2,(H,19,20,21). The lowest BCUT2D eigenvalue weighted by Gasteiger charge is -2.06. The Morgan fingerprint density at radius 3 is 2.79 bits per heavy atom. The highest BCUT2D eigenvalue weighted by Crippen LogP contribution is 2.24. The second kappa shape index (κ2) is 7.10. The predicted octanol–water partition coefficient (Wildman–Crippen LogP) is 3.39. The first-order valence-electron chi connectivity index (χ1n) is 6.71. The van der Waals surface area contributed by atoms with E-state index in [9.17, 15) is 13.0 Å². The first-order valence-corrected chi connectivity index (χ1v) is 8.24. The Kier molecular flexibility index (Phi) is 4.91. The van der Waals surface area contributed by atoms with E-state index >= 15 is 0 Å². The van der Waals surface area contributed by atoms with Gasteiger partial charge in [-0.25, -0.2) is 23.0 Å². The van der Waals surface area contributed by atoms with Crippen LogP contribution in [0.4, 0.5) is 14.7 Å². The van der Waals surface area contributed by atoms with Gasteiger partial charge in [-0.2, -0.15) is 0 Å². The minimum absolute atomic E-state index is 0.0843. The normalized spacial score (nSPS) is 12.5. The average molecular weight is 373 g/mol. The van der Waals surface area contributed by atoms with Crippen molar-refractivity contribution in [2.45, 2.75) is 11.3 Å². The topological polar surface area (TPSA) is 79.9 Å². The number of benzene rings is 1. The van der Waals surface area contributed by atoms with Gasteiger partial charge in [-0.15, -0.1) is 0 Å². The van der Waals surface area contributed by atoms with Crippen LogP contribution in [0.3, 0.4) is 0 Å². The monoisotopic (exact) mass is 372 g/mol. The molecular formula is C14H11ClF2N4O2S. The van der Waals surface area contributed by atoms with Crippen LogP contribution in [-0.2, 0) is 11.0 Å². The number of rotatable bonds is 6. The Morgan fingerprint density at radius 1 is 1.33 bits per heavy atom. The maximum absolute atomic E-state index is 12.4. The van der Waals surface area contributed by atoms with Crippen molar-refractivity contribution in [1.82, 2.24) is 15.0 Å². The minimum Gasteiger partial charge on any atom is -0.484 e. The zero-order chi connectivity index (χ0) is 17.1. The minimum atomic E-state index is -2.58. The van der Waals surface area contributed by atoms with Gasteiger partial charge in [-0.3, -0.25) is 4.72 Å². The summed E-state index contributed by atoms with van der Waals surface area (Å²) < 4.78 is 43.9. The molecule has 0 aliphatic carbocycles. The number of H-pyrrole nitrogens is 1. The summed E-state index contributed by atoms with van der Waals surface area (Å²) in [6.45, 7) is -0.736. The van der Waals surface area contributed by atoms with Crippen molar-refractivity contribution < 1.29 is 17.7 Å². The van der Waals surface area contributed by atoms with Crippen LogP contribution < -0.4 is 9.46 Å². The van der Waals surface area contributed by atoms with Gasteiger partial charge in [0.1, 0.15) is 6.61 Å². The van der Waals surface area contributed by atoms with Crippen molar-refractivity contribution in [3.8, 4) is 5.75 Å². The van der Waals surface area contributed by atoms with E-state index in [1.54, 1.807) is 24.4 Å². The van der Waals surface area contributed by atoms with E-state index in [0.29, 0.717) is 9.92 Å². The number of aromatic nitrogens is 3. The van der Waals surface area contributed by atoms with E-state index in [0.717, 1.165) is 10.9 Å². The molecule has 10 heteroatoms. The van der Waals surface area contributed by atoms with Gasteiger partial charge in [0.15, 0.2) is 16.7 Å². The van der Waals surface area contributed by atoms with Crippen LogP contribution >= 0.6 is 11.6 Å². The lowest BCUT2D eigenvalue weighted by atomic mass is 10.2. The second-order valence-electron chi connectivity index (χ2n) is 4.66. The van der Waals surface area contributed by atoms with Gasteiger partial charge in [0.25, 0.3) is 6.43 Å². The van der Waals surface area contributed by atoms with Crippen LogP contribution in [-0.4, -0.2) is 32.2 Å². The number of aromatic amines is 1. The predicted molar refractivity (Wildman–Crippen MR) is 86.9 cm³/mol. The average Bonchev–Trinajstić information content (AvgIpc) is 2.97. The zero-order valence-electron chi connectivity index (χ0n) is 12.0. The molecule has 0 bridgehead atoms. The highest BCUT2D eigenvalue weighted by molar-refractivity contribution is 7.86. The van der Waals surface area contributed by atoms with Gasteiger partial charge in [0.05, 0.1) is 17.3 Å². The van der Waals surface area contributed by atoms with Crippen LogP contribution in [0.5, 0.6) is 5.75 Å². The fourth-order valence-corrected chi connectivity index (χ4v) is 3.06. The van der Waals surface area contributed by atoms with Crippen molar-refractivity contribution in [2.75, 3.05) is 11.3 Å². The summed E-state index contributed by atoms with van der Waals surface area (Å²) in [5.41, 5.74) is 0.754. The first-order chi connectivity index (χ1) is 11.5. The van der Waals surface area contributed by atoms with E-state index in [4.69, 9.17) is 16.3 Å². The molecule has 1 aromatic carbocycles. The van der Waals surface area contributed by atoms with E-state index in [1.807, 2.05) is 0 Å². The Morgan fingerprint density at radius 2 is 2.08 bits per heavy atom. The molecule has 0 saturated heterocycles. The molecule has 0 aliphatic rings. The molecule has 1 atom stereocenters. The Hall–Kier alpha value is -2.26. The van der Waals surface area contributed by atoms with Gasteiger partial charge in [0, 0.05) is 22.1 Å². The highest BCUT2D eigenvalue weighted by atomic mass is 35.5. The number of alkyl halides is 2. The van der Waals surface area contributed by atoms with Crippen LogP contribution in [0, 0.1) is 0 Å². The molecule has 0 saturated carbocycles. The van der Waals surface area contributed by atoms with Crippen LogP contribution in [0.1, 0.15) is 0 Å². The Bertz CT molecular complexity index is 873. The number of nitrogens with one attached hydrogen (secondary N) is 2. The van der Waals surface area contributed by atoms with Crippen LogP contribution in [0.25, 0.3) is 10.9 Å². The van der Waals surface area contributed by atoms with Crippen molar-refractivity contribution >= 4 is 39.4 Å². The molecule has 126 valence electrons. The number of anilines is 1. The molecule has 0 radical (unpaired) electrons. The van der Waals surface area contributed by atoms with Crippen LogP contribution in [0.2, 0.25) is 5.02 Å². The number of fused-ring (bicyclic) bond motifs is 1. The fourth-order valence-electron chi connectivity index (χ4n) is 1.97. The summed E-state index contributed by atoms with van der Waals surface area (Å²) in [6.07, 6.45) is 1.48. The molecule has 1 unspecified atom stereocenters. The third-order valence-corrected chi connectivity index (χ3v) is 4.33. The van der Waals surface area contributed by atoms with Gasteiger partial charge < -0.3 is 9.72 Å². The lowest BCUT2D eigenvalue weighted by Crippen LogP contribution is -2.09. The summed E-state index contributed by atoms with van der Waals surface area (Å²) in [4.78, 5) is 11.3. The van der Waals surface area contributed by atoms with Gasteiger partial charge in [-0.1, -0.05) is 17.7 Å². The fraction of sp³-hybridized carbons (Fsp3) is 0.143. The van der Waals surface area contributed by atoms with Gasteiger partial charge >= 0.3 is 0 Å². The van der Waals surface area contributed by atoms with Gasteiger partial charge in [0.2, 0.25) is 5.95 Å². The highest BCUT2D eigenvalue weighted by Gasteiger charge is 2.12. The molecular weight excluding hydrogens is 362 g/mol. The SMILES string of the molecule is O=S(Nc1ncc(OCC(F)F)cn1)c1c[nH]c2cc(Cl)ccc12. The third kappa shape index (κ3) is 3.80. The summed E-state index contributed by atoms with van der Waals surface area (Å²) >= 11 is 5.91. The molecule has 2 aromatic heterocycles. The summed E-state index contributed by atoms with van der Waals surface area (Å²) in [5, 5.41) is 1.32. The lowest BCUT2D eigenvalue weighted by molar-refractivity contribution is 0.0815. The second-order valence-corrected chi connectivity index (χ2v) is 6.28. The Labute approximate surface area is 142 Å². The maximum atomic E-state index is 12.4. The molecule has 2 heterocycles. The largest absolute Gasteiger partial charge is 0.484 e. The smallest absolute Gasteiger partial charge is 0.272 e. The van der Waals surface area contributed by atoms with Crippen LogP contribution in [0.15, 0.2) is 41.7 Å². The maximum Gasteiger partial charge on any atom is 0.272 e. The number of hydrogen-bond acceptors (Lipinski definition) is 4. The van der Waals surface area contributed by atoms with Crippen molar-refractivity contribution in [2.24, 2.45) is 0 Å². The summed E-state index contributed by atoms with van der Waals surface area (Å²) in [6, 6.07) is 5.18. The summed E-state index contributed by atoms with van der Waals surface area (Å²) in [5.74, 6) is 0.189. The third-order valence-electron chi connectivity index (χ3n) is 2.99. The Balaban J connectivity index is 1.72. The zero-order valence-corrected chi connectivity index (χ0v) is 13.6. The molecule has 24 heavy (non-hydrogen) atoms. The molecule has 0 aliphatic heterocycles. The molecule has 3 aromatic rings. The molecule has 0 fully saturated rings. The van der Waals surface area contributed by atoms with Crippen molar-refractivity contribution in [3.05, 3.63) is 41.8 Å². The molecule has 0 spiro atoms. The number of ether oxygens (including phenoxy) is 1.